The van der Waals surface area contributed by atoms with E-state index in [1.165, 1.54) is 50.5 Å². The molecule has 2 rings (SSSR count). The first-order valence-corrected chi connectivity index (χ1v) is 9.80. The molecule has 0 saturated carbocycles. The van der Waals surface area contributed by atoms with Crippen LogP contribution in [-0.4, -0.2) is 24.3 Å². The molecule has 142 valence electrons. The number of aryl methyl sites for hydroxylation is 1. The number of unbranched alkanes of at least 4 members (excludes halogenated alkanes) is 6. The van der Waals surface area contributed by atoms with Crippen molar-refractivity contribution in [2.75, 3.05) is 13.6 Å². The molecule has 0 saturated heterocycles. The highest BCUT2D eigenvalue weighted by Crippen LogP contribution is 2.37. The molecule has 1 unspecified atom stereocenters. The summed E-state index contributed by atoms with van der Waals surface area (Å²) in [5, 5.41) is 8.61. The third kappa shape index (κ3) is 6.87. The van der Waals surface area contributed by atoms with Gasteiger partial charge in [-0.15, -0.1) is 0 Å². The van der Waals surface area contributed by atoms with Crippen LogP contribution < -0.4 is 9.47 Å². The minimum atomic E-state index is -0.328. The molecule has 1 aliphatic heterocycles. The molecule has 0 radical (unpaired) electrons. The van der Waals surface area contributed by atoms with Gasteiger partial charge in [0.05, 0.1) is 0 Å². The Hall–Kier alpha value is -1.26. The summed E-state index contributed by atoms with van der Waals surface area (Å²) in [6.45, 7) is 4.24. The highest BCUT2D eigenvalue weighted by atomic mass is 16.7. The second-order valence-electron chi connectivity index (χ2n) is 7.29. The molecule has 0 fully saturated rings. The van der Waals surface area contributed by atoms with E-state index in [1.54, 1.807) is 0 Å². The predicted molar refractivity (Wildman–Crippen MR) is 100 cm³/mol. The molecule has 0 spiro atoms. The van der Waals surface area contributed by atoms with Crippen LogP contribution in [0.3, 0.4) is 0 Å². The van der Waals surface area contributed by atoms with Crippen molar-refractivity contribution in [2.24, 2.45) is 0 Å². The number of hydrogen-bond acceptors (Lipinski definition) is 4. The lowest BCUT2D eigenvalue weighted by molar-refractivity contribution is -0.0654. The van der Waals surface area contributed by atoms with E-state index in [0.29, 0.717) is 0 Å². The standard InChI is InChI=1S/C21H34O4/c1-3-4-5-6-7-8-9-13-21(2)14-12-18-15-19(24-17-23-16-22)10-11-20(18)25-21/h10-11,15,22H,3-9,12-14,16-17H2,1-2H3. The van der Waals surface area contributed by atoms with Gasteiger partial charge in [0.15, 0.2) is 6.79 Å². The van der Waals surface area contributed by atoms with Crippen molar-refractivity contribution >= 4 is 0 Å². The number of hydrogen-bond donors (Lipinski definition) is 1. The average Bonchev–Trinajstić information content (AvgIpc) is 2.61. The number of ether oxygens (including phenoxy) is 3. The molecule has 0 bridgehead atoms. The summed E-state index contributed by atoms with van der Waals surface area (Å²) in [6, 6.07) is 5.91. The van der Waals surface area contributed by atoms with Gasteiger partial charge < -0.3 is 19.3 Å². The van der Waals surface area contributed by atoms with E-state index in [0.717, 1.165) is 30.8 Å². The summed E-state index contributed by atoms with van der Waals surface area (Å²) in [5.74, 6) is 1.73. The van der Waals surface area contributed by atoms with Crippen LogP contribution >= 0.6 is 0 Å². The Balaban J connectivity index is 1.75. The quantitative estimate of drug-likeness (QED) is 0.415. The SMILES string of the molecule is CCCCCCCCCC1(C)CCc2cc(OCOCO)ccc2O1. The van der Waals surface area contributed by atoms with Crippen LogP contribution in [0.25, 0.3) is 0 Å². The lowest BCUT2D eigenvalue weighted by Crippen LogP contribution is -2.36. The van der Waals surface area contributed by atoms with Gasteiger partial charge in [-0.3, -0.25) is 0 Å². The van der Waals surface area contributed by atoms with Gasteiger partial charge in [-0.2, -0.15) is 0 Å². The lowest BCUT2D eigenvalue weighted by atomic mass is 9.88. The molecule has 1 heterocycles. The first kappa shape index (κ1) is 20.1. The van der Waals surface area contributed by atoms with Gasteiger partial charge in [-0.1, -0.05) is 45.4 Å². The topological polar surface area (TPSA) is 47.9 Å². The van der Waals surface area contributed by atoms with E-state index < -0.39 is 0 Å². The molecule has 0 aromatic heterocycles. The van der Waals surface area contributed by atoms with Crippen molar-refractivity contribution in [1.82, 2.24) is 0 Å². The summed E-state index contributed by atoms with van der Waals surface area (Å²) in [7, 11) is 0. The highest BCUT2D eigenvalue weighted by molar-refractivity contribution is 5.42. The van der Waals surface area contributed by atoms with Crippen LogP contribution in [0.1, 0.15) is 77.2 Å². The van der Waals surface area contributed by atoms with Crippen LogP contribution in [0.2, 0.25) is 0 Å². The first-order valence-electron chi connectivity index (χ1n) is 9.80. The van der Waals surface area contributed by atoms with Gasteiger partial charge in [-0.05, 0) is 56.4 Å². The molecule has 4 nitrogen and oxygen atoms in total. The molecule has 1 aromatic rings. The Bertz CT molecular complexity index is 503. The van der Waals surface area contributed by atoms with Gasteiger partial charge in [0, 0.05) is 0 Å². The van der Waals surface area contributed by atoms with E-state index in [9.17, 15) is 0 Å². The van der Waals surface area contributed by atoms with E-state index >= 15 is 0 Å². The number of aliphatic hydroxyl groups is 1. The number of fused-ring (bicyclic) bond motifs is 1. The van der Waals surface area contributed by atoms with Crippen LogP contribution in [0.5, 0.6) is 11.5 Å². The van der Waals surface area contributed by atoms with Crippen LogP contribution in [0.15, 0.2) is 18.2 Å². The van der Waals surface area contributed by atoms with Crippen molar-refractivity contribution in [3.05, 3.63) is 23.8 Å². The highest BCUT2D eigenvalue weighted by Gasteiger charge is 2.31. The Morgan fingerprint density at radius 3 is 2.64 bits per heavy atom. The molecule has 1 atom stereocenters. The predicted octanol–water partition coefficient (Wildman–Crippen LogP) is 5.21. The van der Waals surface area contributed by atoms with Gasteiger partial charge >= 0.3 is 0 Å². The maximum atomic E-state index is 8.61. The number of benzene rings is 1. The number of rotatable bonds is 12. The fourth-order valence-electron chi connectivity index (χ4n) is 3.44. The summed E-state index contributed by atoms with van der Waals surface area (Å²) in [4.78, 5) is 0. The summed E-state index contributed by atoms with van der Waals surface area (Å²) in [6.07, 6.45) is 12.5. The minimum absolute atomic E-state index is 0.0429. The molecular formula is C21H34O4. The third-order valence-corrected chi connectivity index (χ3v) is 5.02. The molecule has 4 heteroatoms. The fourth-order valence-corrected chi connectivity index (χ4v) is 3.44. The van der Waals surface area contributed by atoms with Gasteiger partial charge in [0.1, 0.15) is 23.9 Å². The average molecular weight is 350 g/mol. The Kier molecular flexibility index (Phi) is 8.56. The number of aliphatic hydroxyl groups excluding tert-OH is 1. The fraction of sp³-hybridized carbons (Fsp3) is 0.714. The molecule has 1 N–H and O–H groups in total. The molecule has 0 amide bonds. The minimum Gasteiger partial charge on any atom is -0.487 e. The van der Waals surface area contributed by atoms with E-state index in [-0.39, 0.29) is 19.2 Å². The summed E-state index contributed by atoms with van der Waals surface area (Å²) < 4.78 is 16.6. The zero-order chi connectivity index (χ0) is 18.0. The molecule has 0 aliphatic carbocycles. The molecular weight excluding hydrogens is 316 g/mol. The largest absolute Gasteiger partial charge is 0.487 e. The second kappa shape index (κ2) is 10.7. The Morgan fingerprint density at radius 2 is 1.88 bits per heavy atom. The van der Waals surface area contributed by atoms with Crippen molar-refractivity contribution in [2.45, 2.75) is 83.7 Å². The van der Waals surface area contributed by atoms with Gasteiger partial charge in [0.2, 0.25) is 0 Å². The zero-order valence-electron chi connectivity index (χ0n) is 15.9. The smallest absolute Gasteiger partial charge is 0.191 e. The lowest BCUT2D eigenvalue weighted by Gasteiger charge is -2.36. The Labute approximate surface area is 152 Å². The Morgan fingerprint density at radius 1 is 1.12 bits per heavy atom. The van der Waals surface area contributed by atoms with Gasteiger partial charge in [0.25, 0.3) is 0 Å². The van der Waals surface area contributed by atoms with Crippen LogP contribution in [0.4, 0.5) is 0 Å². The van der Waals surface area contributed by atoms with Crippen molar-refractivity contribution in [3.8, 4) is 11.5 Å². The normalized spacial score (nSPS) is 19.3. The maximum Gasteiger partial charge on any atom is 0.191 e. The van der Waals surface area contributed by atoms with E-state index in [4.69, 9.17) is 19.3 Å². The first-order chi connectivity index (χ1) is 12.2. The molecule has 1 aliphatic rings. The van der Waals surface area contributed by atoms with E-state index in [1.807, 2.05) is 18.2 Å². The summed E-state index contributed by atoms with van der Waals surface area (Å²) in [5.41, 5.74) is 1.15. The maximum absolute atomic E-state index is 8.61. The zero-order valence-corrected chi connectivity index (χ0v) is 15.9. The van der Waals surface area contributed by atoms with Crippen molar-refractivity contribution < 1.29 is 19.3 Å². The van der Waals surface area contributed by atoms with Gasteiger partial charge in [-0.25, -0.2) is 0 Å². The van der Waals surface area contributed by atoms with Crippen LogP contribution in [-0.2, 0) is 11.2 Å². The second-order valence-corrected chi connectivity index (χ2v) is 7.29. The third-order valence-electron chi connectivity index (χ3n) is 5.02. The molecule has 1 aromatic carbocycles. The van der Waals surface area contributed by atoms with Crippen LogP contribution in [0, 0.1) is 0 Å². The van der Waals surface area contributed by atoms with E-state index in [2.05, 4.69) is 13.8 Å². The molecule has 25 heavy (non-hydrogen) atoms. The monoisotopic (exact) mass is 350 g/mol. The van der Waals surface area contributed by atoms with Crippen molar-refractivity contribution in [3.63, 3.8) is 0 Å². The van der Waals surface area contributed by atoms with Crippen molar-refractivity contribution in [1.29, 1.82) is 0 Å². The summed E-state index contributed by atoms with van der Waals surface area (Å²) >= 11 is 0.